The third kappa shape index (κ3) is 2.47. The van der Waals surface area contributed by atoms with Gasteiger partial charge in [-0.3, -0.25) is 4.79 Å². The number of hydrogen-bond acceptors (Lipinski definition) is 3. The van der Waals surface area contributed by atoms with Crippen LogP contribution in [0.15, 0.2) is 11.5 Å². The molecule has 0 saturated carbocycles. The van der Waals surface area contributed by atoms with E-state index in [-0.39, 0.29) is 0 Å². The summed E-state index contributed by atoms with van der Waals surface area (Å²) >= 11 is 0. The van der Waals surface area contributed by atoms with Crippen molar-refractivity contribution < 1.29 is 58.2 Å². The summed E-state index contributed by atoms with van der Waals surface area (Å²) in [5.41, 5.74) is 0. The molecule has 0 bridgehead atoms. The van der Waals surface area contributed by atoms with E-state index in [1.54, 1.807) is 0 Å². The molecule has 1 aliphatic rings. The summed E-state index contributed by atoms with van der Waals surface area (Å²) in [5.74, 6) is -11.9. The number of carbonyl (C=O) groups is 1. The summed E-state index contributed by atoms with van der Waals surface area (Å²) in [4.78, 5) is 10.2. The first-order chi connectivity index (χ1) is 8.63. The predicted octanol–water partition coefficient (Wildman–Crippen LogP) is 3.12. The van der Waals surface area contributed by atoms with Gasteiger partial charge in [0.1, 0.15) is 0 Å². The molecule has 0 amide bonds. The molecule has 0 aromatic rings. The Bertz CT molecular complexity index is 427. The maximum atomic E-state index is 12.3. The lowest BCUT2D eigenvalue weighted by molar-refractivity contribution is -0.337. The molecule has 13 heteroatoms. The number of ether oxygens (including phenoxy) is 2. The number of alkyl halides is 9. The van der Waals surface area contributed by atoms with Gasteiger partial charge in [0.25, 0.3) is 11.5 Å². The fourth-order valence-corrected chi connectivity index (χ4v) is 1.08. The molecular weight excluding hydrogens is 322 g/mol. The van der Waals surface area contributed by atoms with Gasteiger partial charge >= 0.3 is 30.4 Å². The van der Waals surface area contributed by atoms with Gasteiger partial charge in [0.05, 0.1) is 0 Å². The zero-order valence-electron chi connectivity index (χ0n) is 8.50. The van der Waals surface area contributed by atoms with Crippen LogP contribution in [0.4, 0.5) is 43.9 Å². The third-order valence-electron chi connectivity index (χ3n) is 1.84. The number of halogens is 10. The van der Waals surface area contributed by atoms with Crippen molar-refractivity contribution in [3.05, 3.63) is 11.5 Å². The van der Waals surface area contributed by atoms with Gasteiger partial charge in [0, 0.05) is 0 Å². The average Bonchev–Trinajstić information content (AvgIpc) is 2.55. The van der Waals surface area contributed by atoms with Crippen LogP contribution in [0.5, 0.6) is 0 Å². The molecule has 0 spiro atoms. The molecular formula is C7F10O3. The molecule has 1 heterocycles. The molecule has 1 rings (SSSR count). The van der Waals surface area contributed by atoms with Crippen LogP contribution in [0.25, 0.3) is 0 Å². The fourth-order valence-electron chi connectivity index (χ4n) is 1.08. The Hall–Kier alpha value is -1.69. The van der Waals surface area contributed by atoms with E-state index in [0.29, 0.717) is 0 Å². The molecule has 0 saturated heterocycles. The van der Waals surface area contributed by atoms with Crippen LogP contribution in [0, 0.1) is 0 Å². The maximum absolute atomic E-state index is 12.3. The van der Waals surface area contributed by atoms with Crippen LogP contribution in [-0.2, 0) is 14.3 Å². The highest BCUT2D eigenvalue weighted by molar-refractivity contribution is 5.78. The lowest BCUT2D eigenvalue weighted by Gasteiger charge is -2.25. The lowest BCUT2D eigenvalue weighted by atomic mass is 10.3. The Morgan fingerprint density at radius 1 is 0.800 bits per heavy atom. The molecule has 0 radical (unpaired) electrons. The van der Waals surface area contributed by atoms with E-state index in [4.69, 9.17) is 0 Å². The first-order valence-corrected chi connectivity index (χ1v) is 4.16. The number of hydrogen-bond donors (Lipinski definition) is 0. The van der Waals surface area contributed by atoms with Gasteiger partial charge in [-0.25, -0.2) is 0 Å². The Labute approximate surface area is 101 Å². The number of allylic oxidation sites excluding steroid dienone is 2. The van der Waals surface area contributed by atoms with Crippen LogP contribution in [0.2, 0.25) is 0 Å². The minimum atomic E-state index is -6.32. The van der Waals surface area contributed by atoms with Crippen molar-refractivity contribution in [2.24, 2.45) is 0 Å². The van der Waals surface area contributed by atoms with Gasteiger partial charge in [-0.1, -0.05) is 0 Å². The van der Waals surface area contributed by atoms with E-state index in [1.807, 2.05) is 0 Å². The van der Waals surface area contributed by atoms with E-state index in [0.717, 1.165) is 0 Å². The standard InChI is InChI=1S/C7F10O3/c8-3(18)4(7(15,16)17)19-1(5(9,10)11)2(20-4)6(12,13)14. The summed E-state index contributed by atoms with van der Waals surface area (Å²) in [7, 11) is 0. The highest BCUT2D eigenvalue weighted by atomic mass is 19.4. The quantitative estimate of drug-likeness (QED) is 0.550. The molecule has 0 atom stereocenters. The first kappa shape index (κ1) is 16.4. The highest BCUT2D eigenvalue weighted by Gasteiger charge is 2.75. The van der Waals surface area contributed by atoms with Crippen molar-refractivity contribution in [3.63, 3.8) is 0 Å². The molecule has 0 unspecified atom stereocenters. The van der Waals surface area contributed by atoms with E-state index < -0.39 is 41.9 Å². The summed E-state index contributed by atoms with van der Waals surface area (Å²) in [6, 6.07) is -3.72. The van der Waals surface area contributed by atoms with Crippen molar-refractivity contribution >= 4 is 6.04 Å². The lowest BCUT2D eigenvalue weighted by Crippen LogP contribution is -2.52. The monoisotopic (exact) mass is 322 g/mol. The SMILES string of the molecule is O=C(F)C1(C(F)(F)F)OC(C(F)(F)F)=C(C(F)(F)F)O1. The third-order valence-corrected chi connectivity index (χ3v) is 1.84. The van der Waals surface area contributed by atoms with Gasteiger partial charge in [-0.15, -0.1) is 0 Å². The highest BCUT2D eigenvalue weighted by Crippen LogP contribution is 2.51. The Morgan fingerprint density at radius 2 is 1.10 bits per heavy atom. The molecule has 0 fully saturated rings. The molecule has 116 valence electrons. The van der Waals surface area contributed by atoms with Gasteiger partial charge < -0.3 is 9.47 Å². The van der Waals surface area contributed by atoms with Gasteiger partial charge in [0.2, 0.25) is 0 Å². The minimum Gasteiger partial charge on any atom is -0.428 e. The first-order valence-electron chi connectivity index (χ1n) is 4.16. The Balaban J connectivity index is 3.45. The summed E-state index contributed by atoms with van der Waals surface area (Å²) in [6.45, 7) is 0. The van der Waals surface area contributed by atoms with Crippen LogP contribution in [0.1, 0.15) is 0 Å². The van der Waals surface area contributed by atoms with Gasteiger partial charge in [-0.2, -0.15) is 43.9 Å². The Morgan fingerprint density at radius 3 is 1.25 bits per heavy atom. The largest absolute Gasteiger partial charge is 0.479 e. The molecule has 0 N–H and O–H groups in total. The molecule has 1 aliphatic heterocycles. The topological polar surface area (TPSA) is 35.5 Å². The fraction of sp³-hybridized carbons (Fsp3) is 0.571. The summed E-state index contributed by atoms with van der Waals surface area (Å²) in [6.07, 6.45) is -18.5. The van der Waals surface area contributed by atoms with Gasteiger partial charge in [0.15, 0.2) is 0 Å². The Kier molecular flexibility index (Phi) is 3.40. The molecule has 0 aromatic heterocycles. The second-order valence-corrected chi connectivity index (χ2v) is 3.25. The normalized spacial score (nSPS) is 19.7. The second kappa shape index (κ2) is 4.15. The maximum Gasteiger partial charge on any atom is 0.479 e. The van der Waals surface area contributed by atoms with Crippen LogP contribution in [-0.4, -0.2) is 30.4 Å². The molecule has 0 aliphatic carbocycles. The smallest absolute Gasteiger partial charge is 0.428 e. The van der Waals surface area contributed by atoms with Crippen molar-refractivity contribution in [2.45, 2.75) is 24.3 Å². The number of rotatable bonds is 1. The predicted molar refractivity (Wildman–Crippen MR) is 36.2 cm³/mol. The van der Waals surface area contributed by atoms with E-state index in [2.05, 4.69) is 9.47 Å². The summed E-state index contributed by atoms with van der Waals surface area (Å²) < 4.78 is 128. The zero-order valence-corrected chi connectivity index (χ0v) is 8.50. The van der Waals surface area contributed by atoms with E-state index >= 15 is 0 Å². The molecule has 3 nitrogen and oxygen atoms in total. The second-order valence-electron chi connectivity index (χ2n) is 3.25. The van der Waals surface area contributed by atoms with Crippen molar-refractivity contribution in [3.8, 4) is 0 Å². The zero-order chi connectivity index (χ0) is 16.1. The number of carbonyl (C=O) groups excluding carboxylic acids is 1. The average molecular weight is 322 g/mol. The molecule has 0 aromatic carbocycles. The van der Waals surface area contributed by atoms with Crippen molar-refractivity contribution in [1.82, 2.24) is 0 Å². The van der Waals surface area contributed by atoms with Crippen molar-refractivity contribution in [1.29, 1.82) is 0 Å². The summed E-state index contributed by atoms with van der Waals surface area (Å²) in [5, 5.41) is 0. The minimum absolute atomic E-state index is 2.84. The van der Waals surface area contributed by atoms with E-state index in [9.17, 15) is 48.7 Å². The van der Waals surface area contributed by atoms with Crippen molar-refractivity contribution in [2.75, 3.05) is 0 Å². The van der Waals surface area contributed by atoms with Crippen LogP contribution in [0.3, 0.4) is 0 Å². The van der Waals surface area contributed by atoms with Gasteiger partial charge in [-0.05, 0) is 0 Å². The van der Waals surface area contributed by atoms with Crippen LogP contribution >= 0.6 is 0 Å². The molecule has 20 heavy (non-hydrogen) atoms. The van der Waals surface area contributed by atoms with Crippen LogP contribution < -0.4 is 0 Å². The van der Waals surface area contributed by atoms with E-state index in [1.165, 1.54) is 0 Å².